The summed E-state index contributed by atoms with van der Waals surface area (Å²) in [6.07, 6.45) is 5.76. The number of rotatable bonds is 10. The van der Waals surface area contributed by atoms with Gasteiger partial charge >= 0.3 is 6.09 Å². The number of benzene rings is 1. The monoisotopic (exact) mass is 743 g/mol. The van der Waals surface area contributed by atoms with Gasteiger partial charge in [0.2, 0.25) is 11.8 Å². The third-order valence-electron chi connectivity index (χ3n) is 10.3. The summed E-state index contributed by atoms with van der Waals surface area (Å²) >= 11 is 1.35. The maximum atomic E-state index is 13.3. The molecule has 278 valence electrons. The number of hydrogen-bond donors (Lipinski definition) is 3. The van der Waals surface area contributed by atoms with Crippen molar-refractivity contribution in [2.45, 2.75) is 70.4 Å². The van der Waals surface area contributed by atoms with Crippen LogP contribution in [0.4, 0.5) is 16.3 Å². The molecule has 2 aromatic heterocycles. The third-order valence-corrected chi connectivity index (χ3v) is 11.2. The molecule has 17 heteroatoms. The van der Waals surface area contributed by atoms with E-state index in [1.807, 2.05) is 24.0 Å². The summed E-state index contributed by atoms with van der Waals surface area (Å²) in [7, 11) is 0. The van der Waals surface area contributed by atoms with E-state index in [-0.39, 0.29) is 35.7 Å². The highest BCUT2D eigenvalue weighted by Gasteiger charge is 2.45. The number of alkyl carbamates (subject to hydrolysis) is 1. The van der Waals surface area contributed by atoms with Crippen molar-refractivity contribution in [1.29, 1.82) is 0 Å². The van der Waals surface area contributed by atoms with Crippen LogP contribution in [-0.4, -0.2) is 99.7 Å². The smallest absolute Gasteiger partial charge is 0.407 e. The predicted octanol–water partition coefficient (Wildman–Crippen LogP) is 2.33. The summed E-state index contributed by atoms with van der Waals surface area (Å²) in [5.41, 5.74) is 8.46. The average Bonchev–Trinajstić information content (AvgIpc) is 3.66. The average molecular weight is 744 g/mol. The lowest BCUT2D eigenvalue weighted by atomic mass is 9.93. The summed E-state index contributed by atoms with van der Waals surface area (Å²) in [6.45, 7) is 4.93. The number of nitrogens with zero attached hydrogens (tertiary/aromatic N) is 6. The fourth-order valence-electron chi connectivity index (χ4n) is 7.53. The van der Waals surface area contributed by atoms with Crippen molar-refractivity contribution in [1.82, 2.24) is 29.9 Å². The minimum Gasteiger partial charge on any atom is -0.450 e. The number of ether oxygens (including phenoxy) is 1. The molecular formula is C36H41N9O7S. The molecule has 0 radical (unpaired) electrons. The molecule has 53 heavy (non-hydrogen) atoms. The lowest BCUT2D eigenvalue weighted by molar-refractivity contribution is -0.136. The van der Waals surface area contributed by atoms with Gasteiger partial charge in [-0.1, -0.05) is 0 Å². The van der Waals surface area contributed by atoms with Gasteiger partial charge in [0.25, 0.3) is 17.7 Å². The standard InChI is InChI=1S/C36H41N9O7S/c1-20-15-24(53-42-20)17-27-31(32(37)47)38-18-29(40-27)44-11-2-3-22(19-44)39-36(51)52-14-10-21-8-12-43(13-9-21)23-4-5-25-26(16-23)35(50)45(34(25)49)28-6-7-30(46)41-33(28)48/h4-5,15-16,18,21-22,28H,2-3,6-14,17,19H2,1H3,(H2,37,47)(H,39,51)(H,41,46,48)/t22-,28?/m1/s1. The van der Waals surface area contributed by atoms with Crippen LogP contribution in [0.2, 0.25) is 0 Å². The molecule has 0 saturated carbocycles. The maximum Gasteiger partial charge on any atom is 0.407 e. The van der Waals surface area contributed by atoms with E-state index in [0.29, 0.717) is 37.0 Å². The van der Waals surface area contributed by atoms with E-state index >= 15 is 0 Å². The predicted molar refractivity (Wildman–Crippen MR) is 193 cm³/mol. The lowest BCUT2D eigenvalue weighted by Crippen LogP contribution is -2.54. The van der Waals surface area contributed by atoms with Crippen molar-refractivity contribution in [3.63, 3.8) is 0 Å². The zero-order valence-electron chi connectivity index (χ0n) is 29.3. The number of primary amides is 1. The Morgan fingerprint density at radius 2 is 1.81 bits per heavy atom. The Morgan fingerprint density at radius 1 is 1.02 bits per heavy atom. The summed E-state index contributed by atoms with van der Waals surface area (Å²) < 4.78 is 9.90. The van der Waals surface area contributed by atoms with Gasteiger partial charge in [0, 0.05) is 55.6 Å². The topological polar surface area (TPSA) is 210 Å². The quantitative estimate of drug-likeness (QED) is 0.256. The summed E-state index contributed by atoms with van der Waals surface area (Å²) in [5, 5.41) is 5.21. The Morgan fingerprint density at radius 3 is 2.55 bits per heavy atom. The van der Waals surface area contributed by atoms with Gasteiger partial charge in [-0.25, -0.2) is 14.8 Å². The summed E-state index contributed by atoms with van der Waals surface area (Å²) in [5.74, 6) is -1.75. The van der Waals surface area contributed by atoms with Crippen molar-refractivity contribution in [2.75, 3.05) is 42.6 Å². The summed E-state index contributed by atoms with van der Waals surface area (Å²) in [4.78, 5) is 90.3. The number of carbonyl (C=O) groups is 6. The first-order chi connectivity index (χ1) is 25.5. The molecule has 0 spiro atoms. The van der Waals surface area contributed by atoms with Crippen molar-refractivity contribution in [3.8, 4) is 0 Å². The second-order valence-corrected chi connectivity index (χ2v) is 14.9. The SMILES string of the molecule is Cc1cc(Cc2nc(N3CCC[C@@H](NC(=O)OCCC4CCN(c5ccc6c(c5)C(=O)N(C5CCC(=O)NC5=O)C6=O)CC4)C3)cnc2C(N)=O)sn1. The van der Waals surface area contributed by atoms with Gasteiger partial charge in [0.05, 0.1) is 35.3 Å². The van der Waals surface area contributed by atoms with Gasteiger partial charge in [-0.05, 0) is 87.2 Å². The van der Waals surface area contributed by atoms with E-state index in [1.165, 1.54) is 11.5 Å². The van der Waals surface area contributed by atoms with Crippen LogP contribution in [0.15, 0.2) is 30.5 Å². The van der Waals surface area contributed by atoms with E-state index in [9.17, 15) is 28.8 Å². The number of imide groups is 2. The first kappa shape index (κ1) is 35.9. The van der Waals surface area contributed by atoms with Crippen LogP contribution in [0.5, 0.6) is 0 Å². The highest BCUT2D eigenvalue weighted by atomic mass is 32.1. The Hall–Kier alpha value is -5.45. The number of hydrogen-bond acceptors (Lipinski definition) is 13. The minimum atomic E-state index is -0.998. The molecule has 4 N–H and O–H groups in total. The van der Waals surface area contributed by atoms with Gasteiger partial charge in [-0.15, -0.1) is 0 Å². The molecule has 3 saturated heterocycles. The molecule has 2 atom stereocenters. The second kappa shape index (κ2) is 15.3. The van der Waals surface area contributed by atoms with Gasteiger partial charge in [-0.3, -0.25) is 34.2 Å². The highest BCUT2D eigenvalue weighted by Crippen LogP contribution is 2.33. The molecular weight excluding hydrogens is 703 g/mol. The van der Waals surface area contributed by atoms with Gasteiger partial charge in [0.15, 0.2) is 0 Å². The molecule has 0 aliphatic carbocycles. The van der Waals surface area contributed by atoms with Crippen LogP contribution in [0.1, 0.15) is 92.4 Å². The van der Waals surface area contributed by atoms with Gasteiger partial charge in [0.1, 0.15) is 17.6 Å². The minimum absolute atomic E-state index is 0.0717. The number of aryl methyl sites for hydroxylation is 1. The maximum absolute atomic E-state index is 13.3. The van der Waals surface area contributed by atoms with E-state index in [4.69, 9.17) is 15.5 Å². The zero-order chi connectivity index (χ0) is 37.2. The Kier molecular flexibility index (Phi) is 10.3. The third kappa shape index (κ3) is 7.84. The van der Waals surface area contributed by atoms with Crippen molar-refractivity contribution < 1.29 is 33.5 Å². The number of piperidine rings is 3. The van der Waals surface area contributed by atoms with Crippen LogP contribution in [0.25, 0.3) is 0 Å². The van der Waals surface area contributed by atoms with Crippen molar-refractivity contribution in [3.05, 3.63) is 63.5 Å². The van der Waals surface area contributed by atoms with Gasteiger partial charge in [-0.2, -0.15) is 4.37 Å². The highest BCUT2D eigenvalue weighted by molar-refractivity contribution is 7.05. The number of amides is 6. The Labute approximate surface area is 309 Å². The first-order valence-electron chi connectivity index (χ1n) is 17.9. The first-order valence-corrected chi connectivity index (χ1v) is 18.7. The molecule has 16 nitrogen and oxygen atoms in total. The number of nitrogens with one attached hydrogen (secondary N) is 2. The number of fused-ring (bicyclic) bond motifs is 1. The van der Waals surface area contributed by atoms with Crippen molar-refractivity contribution >= 4 is 58.7 Å². The van der Waals surface area contributed by atoms with Crippen molar-refractivity contribution in [2.24, 2.45) is 11.7 Å². The van der Waals surface area contributed by atoms with E-state index in [2.05, 4.69) is 24.9 Å². The van der Waals surface area contributed by atoms with Crippen LogP contribution < -0.4 is 26.2 Å². The number of nitrogens with two attached hydrogens (primary N) is 1. The fraction of sp³-hybridized carbons (Fsp3) is 0.472. The number of aromatic nitrogens is 3. The van der Waals surface area contributed by atoms with Gasteiger partial charge < -0.3 is 25.6 Å². The molecule has 4 aliphatic rings. The number of anilines is 2. The second-order valence-electron chi connectivity index (χ2n) is 14.0. The van der Waals surface area contributed by atoms with E-state index < -0.39 is 41.7 Å². The molecule has 3 aromatic rings. The zero-order valence-corrected chi connectivity index (χ0v) is 30.2. The van der Waals surface area contributed by atoms with Crippen LogP contribution in [-0.2, 0) is 20.7 Å². The van der Waals surface area contributed by atoms with E-state index in [1.54, 1.807) is 18.3 Å². The molecule has 6 heterocycles. The largest absolute Gasteiger partial charge is 0.450 e. The lowest BCUT2D eigenvalue weighted by Gasteiger charge is -2.34. The molecule has 3 fully saturated rings. The molecule has 1 aromatic carbocycles. The number of carbonyl (C=O) groups excluding carboxylic acids is 6. The molecule has 0 bridgehead atoms. The molecule has 7 rings (SSSR count). The normalized spacial score (nSPS) is 20.7. The van der Waals surface area contributed by atoms with Crippen LogP contribution in [0, 0.1) is 12.8 Å². The molecule has 4 aliphatic heterocycles. The van der Waals surface area contributed by atoms with Crippen LogP contribution >= 0.6 is 11.5 Å². The summed E-state index contributed by atoms with van der Waals surface area (Å²) in [6, 6.07) is 5.98. The molecule has 1 unspecified atom stereocenters. The Bertz CT molecular complexity index is 1960. The molecule has 6 amide bonds. The Balaban J connectivity index is 0.863. The van der Waals surface area contributed by atoms with Crippen LogP contribution in [0.3, 0.4) is 0 Å². The fourth-order valence-corrected chi connectivity index (χ4v) is 8.27. The van der Waals surface area contributed by atoms with E-state index in [0.717, 1.165) is 72.9 Å².